The fourth-order valence-electron chi connectivity index (χ4n) is 2.21. The average molecular weight is 253 g/mol. The predicted molar refractivity (Wildman–Crippen MR) is 74.7 cm³/mol. The molecule has 0 saturated carbocycles. The molecule has 3 N–H and O–H groups in total. The van der Waals surface area contributed by atoms with Crippen molar-refractivity contribution in [3.8, 4) is 5.75 Å². The number of rotatable bonds is 4. The molecule has 19 heavy (non-hydrogen) atoms. The number of phenols is 1. The SMILES string of the molecule is Oc1ccc2ccccc2c1CNCc1ncc[nH]1. The third-order valence-corrected chi connectivity index (χ3v) is 3.16. The van der Waals surface area contributed by atoms with Gasteiger partial charge in [-0.25, -0.2) is 4.98 Å². The molecule has 96 valence electrons. The van der Waals surface area contributed by atoms with E-state index in [1.54, 1.807) is 18.5 Å². The fraction of sp³-hybridized carbons (Fsp3) is 0.133. The molecule has 0 unspecified atom stereocenters. The van der Waals surface area contributed by atoms with Crippen LogP contribution in [0.25, 0.3) is 10.8 Å². The minimum Gasteiger partial charge on any atom is -0.508 e. The van der Waals surface area contributed by atoms with Crippen LogP contribution < -0.4 is 5.32 Å². The molecule has 4 heteroatoms. The van der Waals surface area contributed by atoms with E-state index in [4.69, 9.17) is 0 Å². The number of benzene rings is 2. The van der Waals surface area contributed by atoms with Crippen LogP contribution in [0.5, 0.6) is 5.75 Å². The number of aromatic hydroxyl groups is 1. The van der Waals surface area contributed by atoms with E-state index < -0.39 is 0 Å². The smallest absolute Gasteiger partial charge is 0.120 e. The van der Waals surface area contributed by atoms with Crippen molar-refractivity contribution in [3.63, 3.8) is 0 Å². The zero-order chi connectivity index (χ0) is 13.1. The van der Waals surface area contributed by atoms with Crippen LogP contribution in [0.1, 0.15) is 11.4 Å². The molecule has 0 radical (unpaired) electrons. The molecule has 1 heterocycles. The fourth-order valence-corrected chi connectivity index (χ4v) is 2.21. The van der Waals surface area contributed by atoms with Gasteiger partial charge in [-0.2, -0.15) is 0 Å². The summed E-state index contributed by atoms with van der Waals surface area (Å²) in [6, 6.07) is 11.7. The summed E-state index contributed by atoms with van der Waals surface area (Å²) in [5.74, 6) is 1.21. The van der Waals surface area contributed by atoms with Crippen molar-refractivity contribution in [2.24, 2.45) is 0 Å². The van der Waals surface area contributed by atoms with E-state index in [0.29, 0.717) is 18.8 Å². The molecule has 0 aliphatic rings. The van der Waals surface area contributed by atoms with Crippen LogP contribution in [0.2, 0.25) is 0 Å². The van der Waals surface area contributed by atoms with Crippen LogP contribution in [-0.2, 0) is 13.1 Å². The Hall–Kier alpha value is -2.33. The summed E-state index contributed by atoms with van der Waals surface area (Å²) < 4.78 is 0. The third kappa shape index (κ3) is 2.44. The van der Waals surface area contributed by atoms with Gasteiger partial charge in [0, 0.05) is 24.5 Å². The Kier molecular flexibility index (Phi) is 3.16. The van der Waals surface area contributed by atoms with E-state index in [-0.39, 0.29) is 0 Å². The highest BCUT2D eigenvalue weighted by atomic mass is 16.3. The van der Waals surface area contributed by atoms with Gasteiger partial charge in [0.1, 0.15) is 11.6 Å². The Morgan fingerprint density at radius 2 is 2.00 bits per heavy atom. The number of fused-ring (bicyclic) bond motifs is 1. The molecule has 3 aromatic rings. The van der Waals surface area contributed by atoms with Gasteiger partial charge in [-0.05, 0) is 16.8 Å². The Balaban J connectivity index is 1.81. The molecule has 1 aromatic heterocycles. The lowest BCUT2D eigenvalue weighted by atomic mass is 10.0. The number of hydrogen-bond donors (Lipinski definition) is 3. The monoisotopic (exact) mass is 253 g/mol. The molecule has 0 amide bonds. The molecule has 2 aromatic carbocycles. The second kappa shape index (κ2) is 5.12. The number of nitrogens with zero attached hydrogens (tertiary/aromatic N) is 1. The summed E-state index contributed by atoms with van der Waals surface area (Å²) in [7, 11) is 0. The van der Waals surface area contributed by atoms with Gasteiger partial charge in [0.15, 0.2) is 0 Å². The molecule has 3 rings (SSSR count). The molecular weight excluding hydrogens is 238 g/mol. The minimum atomic E-state index is 0.325. The molecule has 0 atom stereocenters. The first-order chi connectivity index (χ1) is 9.34. The van der Waals surface area contributed by atoms with Gasteiger partial charge in [0.05, 0.1) is 6.54 Å². The molecule has 0 fully saturated rings. The van der Waals surface area contributed by atoms with Crippen LogP contribution in [0.4, 0.5) is 0 Å². The molecule has 0 spiro atoms. The van der Waals surface area contributed by atoms with Crippen molar-refractivity contribution in [2.75, 3.05) is 0 Å². The summed E-state index contributed by atoms with van der Waals surface area (Å²) >= 11 is 0. The summed E-state index contributed by atoms with van der Waals surface area (Å²) in [5.41, 5.74) is 0.921. The molecule has 0 aliphatic heterocycles. The van der Waals surface area contributed by atoms with Crippen molar-refractivity contribution in [2.45, 2.75) is 13.1 Å². The van der Waals surface area contributed by atoms with Gasteiger partial charge in [-0.15, -0.1) is 0 Å². The van der Waals surface area contributed by atoms with E-state index in [2.05, 4.69) is 15.3 Å². The number of phenolic OH excluding ortho intramolecular Hbond substituents is 1. The van der Waals surface area contributed by atoms with E-state index in [9.17, 15) is 5.11 Å². The first-order valence-corrected chi connectivity index (χ1v) is 6.23. The largest absolute Gasteiger partial charge is 0.508 e. The molecule has 0 saturated heterocycles. The molecule has 4 nitrogen and oxygen atoms in total. The lowest BCUT2D eigenvalue weighted by Gasteiger charge is -2.09. The van der Waals surface area contributed by atoms with Crippen LogP contribution in [0.3, 0.4) is 0 Å². The van der Waals surface area contributed by atoms with Crippen LogP contribution in [-0.4, -0.2) is 15.1 Å². The van der Waals surface area contributed by atoms with Gasteiger partial charge in [-0.3, -0.25) is 0 Å². The van der Waals surface area contributed by atoms with Crippen molar-refractivity contribution in [1.29, 1.82) is 0 Å². The van der Waals surface area contributed by atoms with Crippen molar-refractivity contribution in [3.05, 3.63) is 60.2 Å². The van der Waals surface area contributed by atoms with E-state index >= 15 is 0 Å². The first-order valence-electron chi connectivity index (χ1n) is 6.23. The normalized spacial score (nSPS) is 10.9. The van der Waals surface area contributed by atoms with Crippen LogP contribution >= 0.6 is 0 Å². The number of H-pyrrole nitrogens is 1. The van der Waals surface area contributed by atoms with Gasteiger partial charge in [0.2, 0.25) is 0 Å². The lowest BCUT2D eigenvalue weighted by molar-refractivity contribution is 0.465. The number of aromatic nitrogens is 2. The highest BCUT2D eigenvalue weighted by Gasteiger charge is 2.06. The summed E-state index contributed by atoms with van der Waals surface area (Å²) in [6.45, 7) is 1.25. The topological polar surface area (TPSA) is 60.9 Å². The van der Waals surface area contributed by atoms with Gasteiger partial charge >= 0.3 is 0 Å². The van der Waals surface area contributed by atoms with Crippen molar-refractivity contribution >= 4 is 10.8 Å². The van der Waals surface area contributed by atoms with Crippen molar-refractivity contribution < 1.29 is 5.11 Å². The highest BCUT2D eigenvalue weighted by molar-refractivity contribution is 5.87. The van der Waals surface area contributed by atoms with Crippen molar-refractivity contribution in [1.82, 2.24) is 15.3 Å². The van der Waals surface area contributed by atoms with Gasteiger partial charge in [0.25, 0.3) is 0 Å². The number of imidazole rings is 1. The predicted octanol–water partition coefficient (Wildman–Crippen LogP) is 2.56. The lowest BCUT2D eigenvalue weighted by Crippen LogP contribution is -2.14. The van der Waals surface area contributed by atoms with Crippen LogP contribution in [0, 0.1) is 0 Å². The number of hydrogen-bond acceptors (Lipinski definition) is 3. The Bertz CT molecular complexity index is 677. The summed E-state index contributed by atoms with van der Waals surface area (Å²) in [4.78, 5) is 7.19. The van der Waals surface area contributed by atoms with E-state index in [0.717, 1.165) is 22.2 Å². The quantitative estimate of drug-likeness (QED) is 0.669. The average Bonchev–Trinajstić information content (AvgIpc) is 2.94. The van der Waals surface area contributed by atoms with E-state index in [1.807, 2.05) is 30.3 Å². The van der Waals surface area contributed by atoms with Gasteiger partial charge < -0.3 is 15.4 Å². The Morgan fingerprint density at radius 3 is 2.84 bits per heavy atom. The van der Waals surface area contributed by atoms with Crippen LogP contribution in [0.15, 0.2) is 48.8 Å². The maximum atomic E-state index is 10.0. The minimum absolute atomic E-state index is 0.325. The number of nitrogens with one attached hydrogen (secondary N) is 2. The van der Waals surface area contributed by atoms with E-state index in [1.165, 1.54) is 0 Å². The highest BCUT2D eigenvalue weighted by Crippen LogP contribution is 2.26. The second-order valence-corrected chi connectivity index (χ2v) is 4.42. The zero-order valence-electron chi connectivity index (χ0n) is 10.4. The molecule has 0 bridgehead atoms. The van der Waals surface area contributed by atoms with Gasteiger partial charge in [-0.1, -0.05) is 30.3 Å². The maximum Gasteiger partial charge on any atom is 0.120 e. The molecular formula is C15H15N3O. The summed E-state index contributed by atoms with van der Waals surface area (Å²) in [5, 5.41) is 15.5. The third-order valence-electron chi connectivity index (χ3n) is 3.16. The number of aromatic amines is 1. The first kappa shape index (κ1) is 11.7. The summed E-state index contributed by atoms with van der Waals surface area (Å²) in [6.07, 6.45) is 3.53. The zero-order valence-corrected chi connectivity index (χ0v) is 10.4. The standard InChI is InChI=1S/C15H15N3O/c19-14-6-5-11-3-1-2-4-12(11)13(14)9-16-10-15-17-7-8-18-15/h1-8,16,19H,9-10H2,(H,17,18). The Labute approximate surface area is 111 Å². The molecule has 0 aliphatic carbocycles. The Morgan fingerprint density at radius 1 is 1.11 bits per heavy atom. The maximum absolute atomic E-state index is 10.0. The second-order valence-electron chi connectivity index (χ2n) is 4.42.